The molecule has 4 nitrogen and oxygen atoms in total. The number of benzene rings is 1. The minimum absolute atomic E-state index is 0.160. The van der Waals surface area contributed by atoms with E-state index >= 15 is 0 Å². The smallest absolute Gasteiger partial charge is 0.0825 e. The quantitative estimate of drug-likeness (QED) is 0.484. The van der Waals surface area contributed by atoms with Crippen LogP contribution in [0.3, 0.4) is 0 Å². The first kappa shape index (κ1) is 14.3. The monoisotopic (exact) mass is 264 g/mol. The number of hydrogen-bond donors (Lipinski definition) is 2. The van der Waals surface area contributed by atoms with Gasteiger partial charge in [-0.25, -0.2) is 0 Å². The van der Waals surface area contributed by atoms with Gasteiger partial charge in [0.05, 0.1) is 12.7 Å². The third-order valence-electron chi connectivity index (χ3n) is 3.78. The summed E-state index contributed by atoms with van der Waals surface area (Å²) in [7, 11) is 3.50. The summed E-state index contributed by atoms with van der Waals surface area (Å²) >= 11 is 0. The van der Waals surface area contributed by atoms with Gasteiger partial charge in [-0.15, -0.1) is 0 Å². The Bertz CT molecular complexity index is 409. The molecule has 0 aromatic heterocycles. The molecule has 1 aromatic rings. The van der Waals surface area contributed by atoms with Gasteiger partial charge in [-0.1, -0.05) is 6.07 Å². The zero-order valence-corrected chi connectivity index (χ0v) is 11.8. The number of nitrogens with two attached hydrogens (primary N) is 1. The summed E-state index contributed by atoms with van der Waals surface area (Å²) in [5.74, 6) is 0. The zero-order valence-electron chi connectivity index (χ0n) is 11.8. The lowest BCUT2D eigenvalue weighted by molar-refractivity contribution is 0.0933. The molecule has 0 spiro atoms. The molecule has 0 aliphatic heterocycles. The van der Waals surface area contributed by atoms with Gasteiger partial charge in [-0.3, -0.25) is 0 Å². The molecule has 3 N–H and O–H groups in total. The first-order valence-electron chi connectivity index (χ1n) is 6.88. The van der Waals surface area contributed by atoms with Crippen molar-refractivity contribution in [3.8, 4) is 0 Å². The van der Waals surface area contributed by atoms with Crippen molar-refractivity contribution in [3.05, 3.63) is 29.3 Å². The Balaban J connectivity index is 2.11. The van der Waals surface area contributed by atoms with Crippen LogP contribution >= 0.6 is 0 Å². The van der Waals surface area contributed by atoms with E-state index in [0.717, 1.165) is 38.1 Å². The second kappa shape index (κ2) is 6.89. The molecular formula is C15H24N2O2. The highest BCUT2D eigenvalue weighted by Gasteiger charge is 2.23. The molecule has 0 saturated heterocycles. The van der Waals surface area contributed by atoms with Crippen molar-refractivity contribution in [2.75, 3.05) is 33.1 Å². The molecular weight excluding hydrogens is 240 g/mol. The average molecular weight is 264 g/mol. The molecule has 0 radical (unpaired) electrons. The van der Waals surface area contributed by atoms with Crippen molar-refractivity contribution in [1.82, 2.24) is 5.32 Å². The van der Waals surface area contributed by atoms with E-state index in [1.165, 1.54) is 11.1 Å². The van der Waals surface area contributed by atoms with E-state index in [4.69, 9.17) is 15.2 Å². The highest BCUT2D eigenvalue weighted by atomic mass is 16.5. The maximum absolute atomic E-state index is 5.89. The molecule has 2 unspecified atom stereocenters. The topological polar surface area (TPSA) is 56.5 Å². The first-order valence-corrected chi connectivity index (χ1v) is 6.88. The molecule has 1 aromatic carbocycles. The van der Waals surface area contributed by atoms with E-state index in [1.807, 2.05) is 6.07 Å². The van der Waals surface area contributed by atoms with Crippen molar-refractivity contribution in [2.45, 2.75) is 31.4 Å². The van der Waals surface area contributed by atoms with Crippen LogP contribution in [0.2, 0.25) is 0 Å². The molecule has 106 valence electrons. The van der Waals surface area contributed by atoms with Crippen LogP contribution in [-0.4, -0.2) is 33.4 Å². The molecule has 0 saturated carbocycles. The van der Waals surface area contributed by atoms with Gasteiger partial charge in [0.25, 0.3) is 0 Å². The molecule has 19 heavy (non-hydrogen) atoms. The number of hydrogen-bond acceptors (Lipinski definition) is 4. The standard InChI is InChI=1S/C15H24N2O2/c1-18-8-7-17-13-5-6-15(19-2)14-10-12(16)4-3-11(14)9-13/h3-4,10,13,15,17H,5-9,16H2,1-2H3. The fourth-order valence-corrected chi connectivity index (χ4v) is 2.76. The molecule has 2 rings (SSSR count). The summed E-state index contributed by atoms with van der Waals surface area (Å²) in [6.07, 6.45) is 3.32. The van der Waals surface area contributed by atoms with Gasteiger partial charge in [0.1, 0.15) is 0 Å². The molecule has 4 heteroatoms. The van der Waals surface area contributed by atoms with Crippen molar-refractivity contribution in [2.24, 2.45) is 0 Å². The Morgan fingerprint density at radius 1 is 1.32 bits per heavy atom. The predicted octanol–water partition coefficient (Wildman–Crippen LogP) is 1.90. The van der Waals surface area contributed by atoms with Crippen LogP contribution in [-0.2, 0) is 15.9 Å². The van der Waals surface area contributed by atoms with Gasteiger partial charge < -0.3 is 20.5 Å². The molecule has 1 aliphatic rings. The van der Waals surface area contributed by atoms with Crippen molar-refractivity contribution >= 4 is 5.69 Å². The van der Waals surface area contributed by atoms with Crippen LogP contribution in [0.5, 0.6) is 0 Å². The highest BCUT2D eigenvalue weighted by Crippen LogP contribution is 2.32. The van der Waals surface area contributed by atoms with Gasteiger partial charge in [-0.2, -0.15) is 0 Å². The fraction of sp³-hybridized carbons (Fsp3) is 0.600. The highest BCUT2D eigenvalue weighted by molar-refractivity contribution is 5.46. The fourth-order valence-electron chi connectivity index (χ4n) is 2.76. The molecule has 0 fully saturated rings. The second-order valence-corrected chi connectivity index (χ2v) is 5.11. The Kier molecular flexibility index (Phi) is 5.19. The van der Waals surface area contributed by atoms with E-state index in [2.05, 4.69) is 17.4 Å². The van der Waals surface area contributed by atoms with Gasteiger partial charge in [0, 0.05) is 32.5 Å². The number of anilines is 1. The lowest BCUT2D eigenvalue weighted by atomic mass is 9.99. The Labute approximate surface area is 115 Å². The van der Waals surface area contributed by atoms with E-state index in [0.29, 0.717) is 6.04 Å². The molecule has 0 bridgehead atoms. The maximum atomic E-state index is 5.89. The van der Waals surface area contributed by atoms with Crippen LogP contribution in [0.25, 0.3) is 0 Å². The summed E-state index contributed by atoms with van der Waals surface area (Å²) in [4.78, 5) is 0. The van der Waals surface area contributed by atoms with Gasteiger partial charge in [0.2, 0.25) is 0 Å². The molecule has 0 heterocycles. The van der Waals surface area contributed by atoms with Gasteiger partial charge in [0.15, 0.2) is 0 Å². The van der Waals surface area contributed by atoms with Crippen molar-refractivity contribution in [3.63, 3.8) is 0 Å². The molecule has 1 aliphatic carbocycles. The lowest BCUT2D eigenvalue weighted by Crippen LogP contribution is -2.33. The summed E-state index contributed by atoms with van der Waals surface area (Å²) in [6.45, 7) is 1.64. The van der Waals surface area contributed by atoms with Crippen LogP contribution in [0.15, 0.2) is 18.2 Å². The van der Waals surface area contributed by atoms with Gasteiger partial charge in [-0.05, 0) is 42.5 Å². The van der Waals surface area contributed by atoms with Crippen molar-refractivity contribution < 1.29 is 9.47 Å². The minimum Gasteiger partial charge on any atom is -0.399 e. The number of fused-ring (bicyclic) bond motifs is 1. The molecule has 2 atom stereocenters. The summed E-state index contributed by atoms with van der Waals surface area (Å²) in [5, 5.41) is 3.55. The lowest BCUT2D eigenvalue weighted by Gasteiger charge is -2.16. The van der Waals surface area contributed by atoms with E-state index in [-0.39, 0.29) is 6.10 Å². The van der Waals surface area contributed by atoms with Crippen LogP contribution in [0, 0.1) is 0 Å². The van der Waals surface area contributed by atoms with Gasteiger partial charge >= 0.3 is 0 Å². The number of methoxy groups -OCH3 is 2. The summed E-state index contributed by atoms with van der Waals surface area (Å²) in [5.41, 5.74) is 9.30. The predicted molar refractivity (Wildman–Crippen MR) is 77.2 cm³/mol. The van der Waals surface area contributed by atoms with Crippen LogP contribution in [0.4, 0.5) is 5.69 Å². The molecule has 0 amide bonds. The second-order valence-electron chi connectivity index (χ2n) is 5.11. The van der Waals surface area contributed by atoms with Crippen LogP contribution in [0.1, 0.15) is 30.1 Å². The van der Waals surface area contributed by atoms with Crippen molar-refractivity contribution in [1.29, 1.82) is 0 Å². The summed E-state index contributed by atoms with van der Waals surface area (Å²) < 4.78 is 10.7. The SMILES string of the molecule is COCCNC1CCC(OC)c2cc(N)ccc2C1. The Morgan fingerprint density at radius 2 is 2.16 bits per heavy atom. The third-order valence-corrected chi connectivity index (χ3v) is 3.78. The minimum atomic E-state index is 0.160. The number of nitrogens with one attached hydrogen (secondary N) is 1. The average Bonchev–Trinajstić information content (AvgIpc) is 2.58. The number of rotatable bonds is 5. The number of nitrogen functional groups attached to an aromatic ring is 1. The largest absolute Gasteiger partial charge is 0.399 e. The van der Waals surface area contributed by atoms with Crippen LogP contribution < -0.4 is 11.1 Å². The van der Waals surface area contributed by atoms with E-state index < -0.39 is 0 Å². The summed E-state index contributed by atoms with van der Waals surface area (Å²) in [6, 6.07) is 6.65. The first-order chi connectivity index (χ1) is 9.24. The number of ether oxygens (including phenoxy) is 2. The third kappa shape index (κ3) is 3.69. The van der Waals surface area contributed by atoms with E-state index in [9.17, 15) is 0 Å². The van der Waals surface area contributed by atoms with E-state index in [1.54, 1.807) is 14.2 Å². The maximum Gasteiger partial charge on any atom is 0.0825 e. The Morgan fingerprint density at radius 3 is 2.89 bits per heavy atom. The normalized spacial score (nSPS) is 22.8. The zero-order chi connectivity index (χ0) is 13.7. The Hall–Kier alpha value is -1.10.